The normalized spacial score (nSPS) is 10.7. The molecule has 0 fully saturated rings. The van der Waals surface area contributed by atoms with E-state index in [0.29, 0.717) is 11.3 Å². The molecule has 0 aromatic heterocycles. The zero-order valence-electron chi connectivity index (χ0n) is 13.0. The minimum atomic E-state index is -0.157. The van der Waals surface area contributed by atoms with Crippen LogP contribution in [0.4, 0.5) is 5.69 Å². The molecule has 3 heteroatoms. The number of carbonyl (C=O) groups is 2. The van der Waals surface area contributed by atoms with Crippen molar-refractivity contribution in [3.63, 3.8) is 0 Å². The van der Waals surface area contributed by atoms with Gasteiger partial charge in [-0.05, 0) is 43.2 Å². The van der Waals surface area contributed by atoms with Crippen LogP contribution in [-0.4, -0.2) is 11.7 Å². The lowest BCUT2D eigenvalue weighted by Gasteiger charge is -2.04. The number of hydrogen-bond acceptors (Lipinski definition) is 2. The number of benzene rings is 2. The van der Waals surface area contributed by atoms with Crippen LogP contribution in [-0.2, 0) is 4.79 Å². The second-order valence-electron chi connectivity index (χ2n) is 5.32. The van der Waals surface area contributed by atoms with E-state index < -0.39 is 0 Å². The summed E-state index contributed by atoms with van der Waals surface area (Å²) in [5.41, 5.74) is 4.53. The van der Waals surface area contributed by atoms with Crippen LogP contribution in [0, 0.1) is 13.8 Å². The third-order valence-electron chi connectivity index (χ3n) is 3.31. The predicted octanol–water partition coefficient (Wildman–Crippen LogP) is 4.16. The maximum Gasteiger partial charge on any atom is 0.221 e. The summed E-state index contributed by atoms with van der Waals surface area (Å²) >= 11 is 0. The average molecular weight is 293 g/mol. The summed E-state index contributed by atoms with van der Waals surface area (Å²) in [6, 6.07) is 13.0. The molecule has 0 aliphatic rings. The van der Waals surface area contributed by atoms with Gasteiger partial charge in [0.2, 0.25) is 5.91 Å². The maximum absolute atomic E-state index is 12.2. The van der Waals surface area contributed by atoms with E-state index in [2.05, 4.69) is 11.4 Å². The fourth-order valence-corrected chi connectivity index (χ4v) is 2.23. The zero-order valence-corrected chi connectivity index (χ0v) is 13.0. The van der Waals surface area contributed by atoms with E-state index in [-0.39, 0.29) is 11.7 Å². The van der Waals surface area contributed by atoms with Gasteiger partial charge in [0.05, 0.1) is 0 Å². The first-order valence-electron chi connectivity index (χ1n) is 7.13. The molecule has 3 nitrogen and oxygen atoms in total. The molecule has 0 aliphatic heterocycles. The van der Waals surface area contributed by atoms with Gasteiger partial charge < -0.3 is 5.32 Å². The number of anilines is 1. The molecule has 0 saturated carbocycles. The van der Waals surface area contributed by atoms with Gasteiger partial charge in [-0.25, -0.2) is 0 Å². The Morgan fingerprint density at radius 2 is 1.82 bits per heavy atom. The predicted molar refractivity (Wildman–Crippen MR) is 90.0 cm³/mol. The van der Waals surface area contributed by atoms with E-state index in [1.807, 2.05) is 32.1 Å². The summed E-state index contributed by atoms with van der Waals surface area (Å²) in [7, 11) is 0. The number of amides is 1. The van der Waals surface area contributed by atoms with Crippen molar-refractivity contribution in [2.75, 3.05) is 5.32 Å². The molecule has 22 heavy (non-hydrogen) atoms. The first-order valence-corrected chi connectivity index (χ1v) is 7.13. The molecule has 0 radical (unpaired) electrons. The van der Waals surface area contributed by atoms with Gasteiger partial charge >= 0.3 is 0 Å². The minimum absolute atomic E-state index is 0.0906. The van der Waals surface area contributed by atoms with E-state index in [4.69, 9.17) is 0 Å². The Morgan fingerprint density at radius 3 is 2.50 bits per heavy atom. The first-order chi connectivity index (χ1) is 10.5. The van der Waals surface area contributed by atoms with Gasteiger partial charge in [-0.3, -0.25) is 9.59 Å². The van der Waals surface area contributed by atoms with Gasteiger partial charge in [-0.2, -0.15) is 0 Å². The summed E-state index contributed by atoms with van der Waals surface area (Å²) < 4.78 is 0. The molecule has 1 N–H and O–H groups in total. The molecule has 0 unspecified atom stereocenters. The lowest BCUT2D eigenvalue weighted by Crippen LogP contribution is -2.06. The Bertz CT molecular complexity index is 745. The Kier molecular flexibility index (Phi) is 4.89. The number of rotatable bonds is 4. The average Bonchev–Trinajstić information content (AvgIpc) is 2.45. The molecule has 2 rings (SSSR count). The van der Waals surface area contributed by atoms with E-state index in [9.17, 15) is 9.59 Å². The highest BCUT2D eigenvalue weighted by Gasteiger charge is 2.04. The van der Waals surface area contributed by atoms with E-state index in [1.165, 1.54) is 12.5 Å². The first kappa shape index (κ1) is 15.7. The third kappa shape index (κ3) is 4.16. The molecule has 1 amide bonds. The second kappa shape index (κ2) is 6.85. The van der Waals surface area contributed by atoms with E-state index in [0.717, 1.165) is 11.1 Å². The topological polar surface area (TPSA) is 46.2 Å². The molecule has 2 aromatic carbocycles. The molecule has 0 saturated heterocycles. The summed E-state index contributed by atoms with van der Waals surface area (Å²) in [6.45, 7) is 5.50. The van der Waals surface area contributed by atoms with Gasteiger partial charge in [0, 0.05) is 18.2 Å². The lowest BCUT2D eigenvalue weighted by molar-refractivity contribution is -0.114. The molecule has 0 bridgehead atoms. The third-order valence-corrected chi connectivity index (χ3v) is 3.31. The van der Waals surface area contributed by atoms with Crippen molar-refractivity contribution in [1.82, 2.24) is 0 Å². The Balaban J connectivity index is 2.18. The number of ketones is 1. The van der Waals surface area contributed by atoms with Crippen LogP contribution in [0.25, 0.3) is 6.08 Å². The van der Waals surface area contributed by atoms with Crippen molar-refractivity contribution >= 4 is 23.5 Å². The number of aryl methyl sites for hydroxylation is 2. The summed E-state index contributed by atoms with van der Waals surface area (Å²) in [6.07, 6.45) is 3.38. The van der Waals surface area contributed by atoms with Gasteiger partial charge in [-0.15, -0.1) is 0 Å². The molecule has 112 valence electrons. The Hall–Kier alpha value is -2.68. The van der Waals surface area contributed by atoms with Crippen LogP contribution in [0.1, 0.15) is 34.0 Å². The highest BCUT2D eigenvalue weighted by Crippen LogP contribution is 2.15. The van der Waals surface area contributed by atoms with Crippen LogP contribution >= 0.6 is 0 Å². The van der Waals surface area contributed by atoms with Crippen molar-refractivity contribution in [1.29, 1.82) is 0 Å². The molecular weight excluding hydrogens is 274 g/mol. The van der Waals surface area contributed by atoms with E-state index in [1.54, 1.807) is 30.3 Å². The fourth-order valence-electron chi connectivity index (χ4n) is 2.23. The lowest BCUT2D eigenvalue weighted by atomic mass is 10.0. The van der Waals surface area contributed by atoms with Crippen LogP contribution in [0.5, 0.6) is 0 Å². The molecule has 0 spiro atoms. The highest BCUT2D eigenvalue weighted by atomic mass is 16.1. The highest BCUT2D eigenvalue weighted by molar-refractivity contribution is 6.07. The number of allylic oxidation sites excluding steroid dienone is 1. The summed E-state index contributed by atoms with van der Waals surface area (Å²) in [5.74, 6) is -0.248. The van der Waals surface area contributed by atoms with Crippen molar-refractivity contribution in [2.24, 2.45) is 0 Å². The number of nitrogens with one attached hydrogen (secondary N) is 1. The van der Waals surface area contributed by atoms with Crippen LogP contribution in [0.15, 0.2) is 48.5 Å². The number of hydrogen-bond donors (Lipinski definition) is 1. The van der Waals surface area contributed by atoms with Crippen molar-refractivity contribution in [2.45, 2.75) is 20.8 Å². The molecule has 0 heterocycles. The molecule has 2 aromatic rings. The monoisotopic (exact) mass is 293 g/mol. The van der Waals surface area contributed by atoms with Crippen LogP contribution in [0.2, 0.25) is 0 Å². The number of carbonyl (C=O) groups excluding carboxylic acids is 2. The van der Waals surface area contributed by atoms with Gasteiger partial charge in [-0.1, -0.05) is 42.0 Å². The van der Waals surface area contributed by atoms with Crippen molar-refractivity contribution in [3.8, 4) is 0 Å². The van der Waals surface area contributed by atoms with Crippen molar-refractivity contribution < 1.29 is 9.59 Å². The smallest absolute Gasteiger partial charge is 0.221 e. The zero-order chi connectivity index (χ0) is 16.1. The van der Waals surface area contributed by atoms with Crippen molar-refractivity contribution in [3.05, 3.63) is 70.8 Å². The van der Waals surface area contributed by atoms with Gasteiger partial charge in [0.15, 0.2) is 5.78 Å². The molecule has 0 atom stereocenters. The maximum atomic E-state index is 12.2. The Labute approximate surface area is 130 Å². The molecular formula is C19H19NO2. The summed E-state index contributed by atoms with van der Waals surface area (Å²) in [5, 5.41) is 2.67. The quantitative estimate of drug-likeness (QED) is 0.679. The molecule has 0 aliphatic carbocycles. The Morgan fingerprint density at radius 1 is 1.05 bits per heavy atom. The summed E-state index contributed by atoms with van der Waals surface area (Å²) in [4.78, 5) is 23.3. The van der Waals surface area contributed by atoms with Gasteiger partial charge in [0.1, 0.15) is 0 Å². The second-order valence-corrected chi connectivity index (χ2v) is 5.32. The largest absolute Gasteiger partial charge is 0.326 e. The van der Waals surface area contributed by atoms with Crippen LogP contribution in [0.3, 0.4) is 0 Å². The van der Waals surface area contributed by atoms with E-state index >= 15 is 0 Å². The SMILES string of the molecule is CC(=O)Nc1cccc(C(=O)C=Cc2ccc(C)cc2C)c1. The fraction of sp³-hybridized carbons (Fsp3) is 0.158. The minimum Gasteiger partial charge on any atom is -0.326 e. The van der Waals surface area contributed by atoms with Crippen LogP contribution < -0.4 is 5.32 Å². The van der Waals surface area contributed by atoms with Gasteiger partial charge in [0.25, 0.3) is 0 Å². The standard InChI is InChI=1S/C19H19NO2/c1-13-7-8-16(14(2)11-13)9-10-19(22)17-5-4-6-18(12-17)20-15(3)21/h4-12H,1-3H3,(H,20,21).